The summed E-state index contributed by atoms with van der Waals surface area (Å²) in [5.41, 5.74) is 6.21. The second-order valence-electron chi connectivity index (χ2n) is 4.69. The molecular formula is C13H18FN3O3. The van der Waals surface area contributed by atoms with Crippen molar-refractivity contribution in [1.82, 2.24) is 4.90 Å². The summed E-state index contributed by atoms with van der Waals surface area (Å²) in [5, 5.41) is 11.7. The molecule has 1 amide bonds. The molecule has 6 nitrogen and oxygen atoms in total. The molecule has 110 valence electrons. The van der Waals surface area contributed by atoms with Gasteiger partial charge in [0.25, 0.3) is 0 Å². The number of carbonyl (C=O) groups excluding carboxylic acids is 1. The molecule has 1 aliphatic heterocycles. The van der Waals surface area contributed by atoms with Gasteiger partial charge in [-0.1, -0.05) is 0 Å². The van der Waals surface area contributed by atoms with Crippen molar-refractivity contribution >= 4 is 17.3 Å². The molecule has 1 saturated heterocycles. The number of morpholine rings is 1. The van der Waals surface area contributed by atoms with Crippen LogP contribution in [0, 0.1) is 5.82 Å². The van der Waals surface area contributed by atoms with Gasteiger partial charge in [0.1, 0.15) is 5.82 Å². The van der Waals surface area contributed by atoms with Crippen molar-refractivity contribution in [2.45, 2.75) is 6.10 Å². The number of anilines is 2. The van der Waals surface area contributed by atoms with Crippen molar-refractivity contribution in [3.63, 3.8) is 0 Å². The van der Waals surface area contributed by atoms with E-state index < -0.39 is 5.82 Å². The van der Waals surface area contributed by atoms with Crippen LogP contribution in [0.1, 0.15) is 0 Å². The summed E-state index contributed by atoms with van der Waals surface area (Å²) in [6.07, 6.45) is -0.257. The minimum atomic E-state index is -0.445. The number of hydrogen-bond acceptors (Lipinski definition) is 5. The van der Waals surface area contributed by atoms with E-state index in [1.165, 1.54) is 12.1 Å². The molecule has 0 spiro atoms. The van der Waals surface area contributed by atoms with Crippen molar-refractivity contribution in [2.24, 2.45) is 0 Å². The largest absolute Gasteiger partial charge is 0.397 e. The number of amides is 1. The average Bonchev–Trinajstić information content (AvgIpc) is 2.42. The Morgan fingerprint density at radius 2 is 2.40 bits per heavy atom. The predicted octanol–water partition coefficient (Wildman–Crippen LogP) is 0.0395. The van der Waals surface area contributed by atoms with Gasteiger partial charge in [-0.15, -0.1) is 0 Å². The maximum Gasteiger partial charge on any atom is 0.238 e. The van der Waals surface area contributed by atoms with Crippen LogP contribution in [0.4, 0.5) is 15.8 Å². The molecule has 2 rings (SSSR count). The number of rotatable bonds is 4. The van der Waals surface area contributed by atoms with Gasteiger partial charge in [-0.2, -0.15) is 0 Å². The zero-order valence-corrected chi connectivity index (χ0v) is 11.0. The summed E-state index contributed by atoms with van der Waals surface area (Å²) in [5.74, 6) is -0.679. The molecule has 1 heterocycles. The Bertz CT molecular complexity index is 484. The van der Waals surface area contributed by atoms with E-state index in [4.69, 9.17) is 15.6 Å². The van der Waals surface area contributed by atoms with Crippen molar-refractivity contribution in [3.8, 4) is 0 Å². The zero-order chi connectivity index (χ0) is 14.5. The van der Waals surface area contributed by atoms with Crippen LogP contribution in [-0.2, 0) is 9.53 Å². The smallest absolute Gasteiger partial charge is 0.238 e. The number of nitrogen functional groups attached to an aromatic ring is 1. The highest BCUT2D eigenvalue weighted by molar-refractivity contribution is 5.95. The Morgan fingerprint density at radius 3 is 3.10 bits per heavy atom. The molecule has 4 N–H and O–H groups in total. The number of carbonyl (C=O) groups is 1. The highest BCUT2D eigenvalue weighted by Gasteiger charge is 2.21. The van der Waals surface area contributed by atoms with Crippen molar-refractivity contribution < 1.29 is 19.0 Å². The number of halogens is 1. The minimum absolute atomic E-state index is 0.0664. The summed E-state index contributed by atoms with van der Waals surface area (Å²) >= 11 is 0. The molecule has 1 aromatic rings. The SMILES string of the molecule is Nc1cc(F)ccc1NC(=O)CN1CCOC(CO)C1. The first-order valence-corrected chi connectivity index (χ1v) is 6.38. The van der Waals surface area contributed by atoms with Gasteiger partial charge in [-0.25, -0.2) is 4.39 Å². The molecular weight excluding hydrogens is 265 g/mol. The zero-order valence-electron chi connectivity index (χ0n) is 11.0. The lowest BCUT2D eigenvalue weighted by molar-refractivity contribution is -0.120. The molecule has 7 heteroatoms. The number of aliphatic hydroxyl groups excluding tert-OH is 1. The first-order chi connectivity index (χ1) is 9.58. The van der Waals surface area contributed by atoms with Crippen LogP contribution in [0.3, 0.4) is 0 Å². The Morgan fingerprint density at radius 1 is 1.60 bits per heavy atom. The summed E-state index contributed by atoms with van der Waals surface area (Å²) in [6, 6.07) is 3.83. The fourth-order valence-electron chi connectivity index (χ4n) is 2.07. The Labute approximate surface area is 116 Å². The van der Waals surface area contributed by atoms with Crippen LogP contribution < -0.4 is 11.1 Å². The number of benzene rings is 1. The van der Waals surface area contributed by atoms with Crippen molar-refractivity contribution in [3.05, 3.63) is 24.0 Å². The maximum atomic E-state index is 12.9. The van der Waals surface area contributed by atoms with Gasteiger partial charge in [0.15, 0.2) is 0 Å². The normalized spacial score (nSPS) is 19.8. The van der Waals surface area contributed by atoms with Crippen molar-refractivity contribution in [2.75, 3.05) is 43.9 Å². The third-order valence-electron chi connectivity index (χ3n) is 3.08. The highest BCUT2D eigenvalue weighted by atomic mass is 19.1. The fraction of sp³-hybridized carbons (Fsp3) is 0.462. The molecule has 0 radical (unpaired) electrons. The minimum Gasteiger partial charge on any atom is -0.397 e. The monoisotopic (exact) mass is 283 g/mol. The number of aliphatic hydroxyl groups is 1. The molecule has 1 fully saturated rings. The third kappa shape index (κ3) is 3.89. The highest BCUT2D eigenvalue weighted by Crippen LogP contribution is 2.19. The lowest BCUT2D eigenvalue weighted by Gasteiger charge is -2.31. The average molecular weight is 283 g/mol. The molecule has 1 atom stereocenters. The molecule has 0 bridgehead atoms. The van der Waals surface area contributed by atoms with Crippen LogP contribution in [0.15, 0.2) is 18.2 Å². The van der Waals surface area contributed by atoms with E-state index in [1.807, 2.05) is 4.90 Å². The number of nitrogens with one attached hydrogen (secondary N) is 1. The van der Waals surface area contributed by atoms with Crippen molar-refractivity contribution in [1.29, 1.82) is 0 Å². The molecule has 1 aromatic carbocycles. The number of hydrogen-bond donors (Lipinski definition) is 3. The van der Waals surface area contributed by atoms with Crippen LogP contribution in [-0.4, -0.2) is 54.9 Å². The van der Waals surface area contributed by atoms with E-state index in [-0.39, 0.29) is 30.9 Å². The van der Waals surface area contributed by atoms with Crippen LogP contribution in [0.2, 0.25) is 0 Å². The summed E-state index contributed by atoms with van der Waals surface area (Å²) in [4.78, 5) is 13.8. The Hall–Kier alpha value is -1.70. The van der Waals surface area contributed by atoms with Crippen LogP contribution in [0.5, 0.6) is 0 Å². The topological polar surface area (TPSA) is 87.8 Å². The predicted molar refractivity (Wildman–Crippen MR) is 72.7 cm³/mol. The quantitative estimate of drug-likeness (QED) is 0.679. The first-order valence-electron chi connectivity index (χ1n) is 6.38. The van der Waals surface area contributed by atoms with Gasteiger partial charge in [-0.05, 0) is 18.2 Å². The summed E-state index contributed by atoms with van der Waals surface area (Å²) in [6.45, 7) is 1.72. The van der Waals surface area contributed by atoms with E-state index >= 15 is 0 Å². The van der Waals surface area contributed by atoms with E-state index in [9.17, 15) is 9.18 Å². The molecule has 0 aliphatic carbocycles. The maximum absolute atomic E-state index is 12.9. The van der Waals surface area contributed by atoms with E-state index in [2.05, 4.69) is 5.32 Å². The van der Waals surface area contributed by atoms with Gasteiger partial charge in [-0.3, -0.25) is 9.69 Å². The molecule has 0 saturated carbocycles. The standard InChI is InChI=1S/C13H18FN3O3/c14-9-1-2-12(11(15)5-9)16-13(19)7-17-3-4-20-10(6-17)8-18/h1-2,5,10,18H,3-4,6-8,15H2,(H,16,19). The first kappa shape index (κ1) is 14.7. The molecule has 0 aromatic heterocycles. The molecule has 1 unspecified atom stereocenters. The lowest BCUT2D eigenvalue weighted by atomic mass is 10.2. The Kier molecular flexibility index (Phi) is 4.89. The van der Waals surface area contributed by atoms with E-state index in [0.29, 0.717) is 25.4 Å². The van der Waals surface area contributed by atoms with Crippen LogP contribution in [0.25, 0.3) is 0 Å². The van der Waals surface area contributed by atoms with Gasteiger partial charge >= 0.3 is 0 Å². The second-order valence-corrected chi connectivity index (χ2v) is 4.69. The summed E-state index contributed by atoms with van der Waals surface area (Å²) < 4.78 is 18.2. The van der Waals surface area contributed by atoms with E-state index in [0.717, 1.165) is 6.07 Å². The Balaban J connectivity index is 1.88. The van der Waals surface area contributed by atoms with Gasteiger partial charge in [0.05, 0.1) is 37.2 Å². The number of ether oxygens (including phenoxy) is 1. The van der Waals surface area contributed by atoms with Gasteiger partial charge < -0.3 is 20.9 Å². The van der Waals surface area contributed by atoms with E-state index in [1.54, 1.807) is 0 Å². The fourth-order valence-corrected chi connectivity index (χ4v) is 2.07. The second kappa shape index (κ2) is 6.65. The van der Waals surface area contributed by atoms with Gasteiger partial charge in [0, 0.05) is 13.1 Å². The molecule has 1 aliphatic rings. The van der Waals surface area contributed by atoms with Gasteiger partial charge in [0.2, 0.25) is 5.91 Å². The number of nitrogens with zero attached hydrogens (tertiary/aromatic N) is 1. The lowest BCUT2D eigenvalue weighted by Crippen LogP contribution is -2.46. The number of nitrogens with two attached hydrogens (primary N) is 1. The molecule has 20 heavy (non-hydrogen) atoms. The third-order valence-corrected chi connectivity index (χ3v) is 3.08. The summed E-state index contributed by atoms with van der Waals surface area (Å²) in [7, 11) is 0. The van der Waals surface area contributed by atoms with Crippen LogP contribution >= 0.6 is 0 Å².